The molecule has 1 aliphatic heterocycles. The molecule has 9 heteroatoms. The Morgan fingerprint density at radius 2 is 1.95 bits per heavy atom. The molecule has 0 radical (unpaired) electrons. The Morgan fingerprint density at radius 3 is 2.47 bits per heavy atom. The topological polar surface area (TPSA) is 69.2 Å². The van der Waals surface area contributed by atoms with Crippen molar-refractivity contribution in [1.82, 2.24) is 9.27 Å². The highest BCUT2D eigenvalue weighted by atomic mass is 32.1. The van der Waals surface area contributed by atoms with Crippen LogP contribution in [0.25, 0.3) is 0 Å². The fourth-order valence-electron chi connectivity index (χ4n) is 1.98. The third-order valence-corrected chi connectivity index (χ3v) is 3.80. The smallest absolute Gasteiger partial charge is 0.382 e. The lowest BCUT2D eigenvalue weighted by atomic mass is 10.2. The first-order valence-electron chi connectivity index (χ1n) is 5.60. The van der Waals surface area contributed by atoms with Crippen molar-refractivity contribution in [1.29, 1.82) is 5.26 Å². The summed E-state index contributed by atoms with van der Waals surface area (Å²) in [5.74, 6) is 0.181. The monoisotopic (exact) mass is 291 g/mol. The number of nitrogens with zero attached hydrogens (tertiary/aromatic N) is 4. The van der Waals surface area contributed by atoms with E-state index in [0.29, 0.717) is 36.7 Å². The Bertz CT molecular complexity index is 484. The highest BCUT2D eigenvalue weighted by molar-refractivity contribution is 7.10. The number of aromatic nitrogens is 1. The number of hydrogen-bond acceptors (Lipinski definition) is 6. The number of halogens is 3. The number of rotatable bonds is 2. The zero-order chi connectivity index (χ0) is 14.0. The Labute approximate surface area is 112 Å². The summed E-state index contributed by atoms with van der Waals surface area (Å²) in [6.07, 6.45) is -4.17. The van der Waals surface area contributed by atoms with Gasteiger partial charge in [-0.1, -0.05) is 0 Å². The molecule has 1 fully saturated rings. The van der Waals surface area contributed by atoms with Crippen molar-refractivity contribution < 1.29 is 13.2 Å². The lowest BCUT2D eigenvalue weighted by Gasteiger charge is -2.35. The van der Waals surface area contributed by atoms with Gasteiger partial charge in [-0.15, -0.1) is 0 Å². The number of anilines is 2. The number of piperazine rings is 1. The second kappa shape index (κ2) is 5.22. The molecule has 1 aromatic rings. The molecule has 1 saturated heterocycles. The fourth-order valence-corrected chi connectivity index (χ4v) is 2.79. The van der Waals surface area contributed by atoms with Crippen molar-refractivity contribution in [3.05, 3.63) is 5.56 Å². The van der Waals surface area contributed by atoms with Gasteiger partial charge in [0.1, 0.15) is 16.6 Å². The zero-order valence-corrected chi connectivity index (χ0v) is 10.8. The lowest BCUT2D eigenvalue weighted by molar-refractivity contribution is -0.146. The van der Waals surface area contributed by atoms with Crippen LogP contribution < -0.4 is 10.6 Å². The van der Waals surface area contributed by atoms with E-state index in [1.165, 1.54) is 4.90 Å². The molecule has 1 aromatic heterocycles. The van der Waals surface area contributed by atoms with Crippen molar-refractivity contribution in [2.75, 3.05) is 43.4 Å². The largest absolute Gasteiger partial charge is 0.401 e. The third-order valence-electron chi connectivity index (χ3n) is 2.87. The summed E-state index contributed by atoms with van der Waals surface area (Å²) in [7, 11) is 0. The minimum atomic E-state index is -4.17. The minimum Gasteiger partial charge on any atom is -0.382 e. The van der Waals surface area contributed by atoms with Gasteiger partial charge in [0.15, 0.2) is 5.82 Å². The highest BCUT2D eigenvalue weighted by Gasteiger charge is 2.32. The number of nitrogen functional groups attached to an aromatic ring is 1. The summed E-state index contributed by atoms with van der Waals surface area (Å²) in [5.41, 5.74) is 5.87. The van der Waals surface area contributed by atoms with E-state index in [0.717, 1.165) is 11.5 Å². The average Bonchev–Trinajstić information content (AvgIpc) is 2.69. The van der Waals surface area contributed by atoms with Crippen LogP contribution in [0.4, 0.5) is 24.0 Å². The minimum absolute atomic E-state index is 0.181. The van der Waals surface area contributed by atoms with Crippen LogP contribution >= 0.6 is 11.5 Å². The zero-order valence-electron chi connectivity index (χ0n) is 9.94. The molecule has 0 saturated carbocycles. The summed E-state index contributed by atoms with van der Waals surface area (Å²) < 4.78 is 40.7. The Balaban J connectivity index is 1.99. The van der Waals surface area contributed by atoms with Crippen LogP contribution in [0.2, 0.25) is 0 Å². The predicted molar refractivity (Wildman–Crippen MR) is 65.9 cm³/mol. The maximum atomic E-state index is 12.3. The Morgan fingerprint density at radius 1 is 1.32 bits per heavy atom. The van der Waals surface area contributed by atoms with E-state index in [9.17, 15) is 13.2 Å². The van der Waals surface area contributed by atoms with Crippen LogP contribution in [0.15, 0.2) is 0 Å². The van der Waals surface area contributed by atoms with Gasteiger partial charge in [0.05, 0.1) is 6.54 Å². The van der Waals surface area contributed by atoms with Gasteiger partial charge < -0.3 is 10.6 Å². The van der Waals surface area contributed by atoms with Crippen molar-refractivity contribution in [3.8, 4) is 6.07 Å². The van der Waals surface area contributed by atoms with E-state index in [-0.39, 0.29) is 5.82 Å². The van der Waals surface area contributed by atoms with E-state index >= 15 is 0 Å². The van der Waals surface area contributed by atoms with Crippen LogP contribution in [0.5, 0.6) is 0 Å². The predicted octanol–water partition coefficient (Wildman–Crippen LogP) is 1.28. The molecule has 5 nitrogen and oxygen atoms in total. The number of hydrogen-bond donors (Lipinski definition) is 1. The van der Waals surface area contributed by atoms with Gasteiger partial charge in [-0.3, -0.25) is 4.90 Å². The van der Waals surface area contributed by atoms with Crippen LogP contribution in [-0.2, 0) is 0 Å². The Kier molecular flexibility index (Phi) is 3.82. The fraction of sp³-hybridized carbons (Fsp3) is 0.600. The quantitative estimate of drug-likeness (QED) is 0.889. The SMILES string of the molecule is N#Cc1c(N)nsc1N1CCN(CC(F)(F)F)CC1. The average molecular weight is 291 g/mol. The summed E-state index contributed by atoms with van der Waals surface area (Å²) in [4.78, 5) is 3.21. The van der Waals surface area contributed by atoms with Gasteiger partial charge in [0.25, 0.3) is 0 Å². The normalized spacial score (nSPS) is 17.5. The second-order valence-corrected chi connectivity index (χ2v) is 4.99. The van der Waals surface area contributed by atoms with Gasteiger partial charge in [0, 0.05) is 26.2 Å². The lowest BCUT2D eigenvalue weighted by Crippen LogP contribution is -2.49. The number of nitriles is 1. The molecule has 0 aliphatic carbocycles. The molecule has 0 amide bonds. The van der Waals surface area contributed by atoms with E-state index in [1.807, 2.05) is 11.0 Å². The van der Waals surface area contributed by atoms with Crippen molar-refractivity contribution in [2.45, 2.75) is 6.18 Å². The molecule has 104 valence electrons. The van der Waals surface area contributed by atoms with Gasteiger partial charge in [-0.05, 0) is 11.5 Å². The maximum Gasteiger partial charge on any atom is 0.401 e. The molecular formula is C10H12F3N5S. The molecule has 0 atom stereocenters. The molecule has 1 aliphatic rings. The van der Waals surface area contributed by atoms with Crippen LogP contribution in [0, 0.1) is 11.3 Å². The van der Waals surface area contributed by atoms with Crippen molar-refractivity contribution in [2.24, 2.45) is 0 Å². The third kappa shape index (κ3) is 3.27. The summed E-state index contributed by atoms with van der Waals surface area (Å²) in [6.45, 7) is 0.597. The molecule has 0 bridgehead atoms. The summed E-state index contributed by atoms with van der Waals surface area (Å²) in [5, 5.41) is 9.62. The van der Waals surface area contributed by atoms with Gasteiger partial charge in [-0.25, -0.2) is 0 Å². The first kappa shape index (κ1) is 13.9. The molecule has 19 heavy (non-hydrogen) atoms. The Hall–Kier alpha value is -1.53. The van der Waals surface area contributed by atoms with E-state index < -0.39 is 12.7 Å². The van der Waals surface area contributed by atoms with Crippen molar-refractivity contribution in [3.63, 3.8) is 0 Å². The van der Waals surface area contributed by atoms with Crippen LogP contribution in [0.3, 0.4) is 0 Å². The molecule has 0 aromatic carbocycles. The highest BCUT2D eigenvalue weighted by Crippen LogP contribution is 2.30. The first-order valence-corrected chi connectivity index (χ1v) is 6.37. The van der Waals surface area contributed by atoms with E-state index in [4.69, 9.17) is 11.0 Å². The summed E-state index contributed by atoms with van der Waals surface area (Å²) in [6, 6.07) is 1.98. The van der Waals surface area contributed by atoms with Crippen molar-refractivity contribution >= 4 is 22.4 Å². The van der Waals surface area contributed by atoms with Gasteiger partial charge >= 0.3 is 6.18 Å². The standard InChI is InChI=1S/C10H12F3N5S/c11-10(12,13)6-17-1-3-18(4-2-17)9-7(5-14)8(15)16-19-9/h1-4,6H2,(H2,15,16). The molecule has 0 unspecified atom stereocenters. The maximum absolute atomic E-state index is 12.3. The molecular weight excluding hydrogens is 279 g/mol. The molecule has 2 N–H and O–H groups in total. The van der Waals surface area contributed by atoms with E-state index in [2.05, 4.69) is 4.37 Å². The van der Waals surface area contributed by atoms with E-state index in [1.54, 1.807) is 0 Å². The number of nitrogens with two attached hydrogens (primary N) is 1. The molecule has 2 heterocycles. The first-order chi connectivity index (χ1) is 8.90. The van der Waals surface area contributed by atoms with Gasteiger partial charge in [0.2, 0.25) is 0 Å². The summed E-state index contributed by atoms with van der Waals surface area (Å²) >= 11 is 1.11. The number of alkyl halides is 3. The second-order valence-electron chi connectivity index (χ2n) is 4.24. The van der Waals surface area contributed by atoms with Gasteiger partial charge in [-0.2, -0.15) is 22.8 Å². The molecule has 0 spiro atoms. The van der Waals surface area contributed by atoms with Crippen LogP contribution in [0.1, 0.15) is 5.56 Å². The molecule has 2 rings (SSSR count). The van der Waals surface area contributed by atoms with Crippen LogP contribution in [-0.4, -0.2) is 48.2 Å².